The van der Waals surface area contributed by atoms with Gasteiger partial charge in [-0.25, -0.2) is 4.98 Å². The minimum absolute atomic E-state index is 0.248. The Labute approximate surface area is 110 Å². The molecule has 98 valence electrons. The molecule has 18 heavy (non-hydrogen) atoms. The summed E-state index contributed by atoms with van der Waals surface area (Å²) in [5.41, 5.74) is 0.316. The third-order valence-corrected chi connectivity index (χ3v) is 3.75. The van der Waals surface area contributed by atoms with Gasteiger partial charge in [-0.3, -0.25) is 9.69 Å². The SMILES string of the molecule is O=C(NCCN1CCSCC1)c1ccnc(F)c1. The van der Waals surface area contributed by atoms with Crippen molar-refractivity contribution >= 4 is 17.7 Å². The highest BCUT2D eigenvalue weighted by Gasteiger charge is 2.11. The van der Waals surface area contributed by atoms with E-state index < -0.39 is 5.95 Å². The molecule has 4 nitrogen and oxygen atoms in total. The van der Waals surface area contributed by atoms with Gasteiger partial charge in [0.05, 0.1) is 0 Å². The Bertz CT molecular complexity index is 410. The van der Waals surface area contributed by atoms with E-state index in [1.807, 2.05) is 11.8 Å². The second-order valence-electron chi connectivity index (χ2n) is 4.08. The molecule has 1 N–H and O–H groups in total. The van der Waals surface area contributed by atoms with Crippen LogP contribution in [0, 0.1) is 5.95 Å². The summed E-state index contributed by atoms with van der Waals surface area (Å²) in [5, 5.41) is 2.79. The molecule has 0 aliphatic carbocycles. The first-order valence-electron chi connectivity index (χ1n) is 5.95. The van der Waals surface area contributed by atoms with Crippen LogP contribution in [0.2, 0.25) is 0 Å². The number of pyridine rings is 1. The monoisotopic (exact) mass is 269 g/mol. The van der Waals surface area contributed by atoms with E-state index in [4.69, 9.17) is 0 Å². The molecule has 0 unspecified atom stereocenters. The van der Waals surface area contributed by atoms with Crippen molar-refractivity contribution in [1.82, 2.24) is 15.2 Å². The number of carbonyl (C=O) groups excluding carboxylic acids is 1. The number of aromatic nitrogens is 1. The smallest absolute Gasteiger partial charge is 0.251 e. The normalized spacial score (nSPS) is 16.5. The van der Waals surface area contributed by atoms with E-state index in [9.17, 15) is 9.18 Å². The largest absolute Gasteiger partial charge is 0.351 e. The number of halogens is 1. The topological polar surface area (TPSA) is 45.2 Å². The van der Waals surface area contributed by atoms with Gasteiger partial charge in [-0.2, -0.15) is 16.2 Å². The molecular formula is C12H16FN3OS. The predicted octanol–water partition coefficient (Wildman–Crippen LogP) is 0.999. The predicted molar refractivity (Wildman–Crippen MR) is 70.3 cm³/mol. The van der Waals surface area contributed by atoms with Gasteiger partial charge in [0.25, 0.3) is 5.91 Å². The van der Waals surface area contributed by atoms with Crippen LogP contribution in [0.3, 0.4) is 0 Å². The van der Waals surface area contributed by atoms with Gasteiger partial charge in [-0.1, -0.05) is 0 Å². The van der Waals surface area contributed by atoms with Crippen LogP contribution in [-0.2, 0) is 0 Å². The zero-order valence-electron chi connectivity index (χ0n) is 10.1. The number of hydrogen-bond acceptors (Lipinski definition) is 4. The Kier molecular flexibility index (Phi) is 4.95. The molecule has 0 bridgehead atoms. The molecule has 1 aromatic heterocycles. The molecule has 0 aromatic carbocycles. The minimum Gasteiger partial charge on any atom is -0.351 e. The van der Waals surface area contributed by atoms with E-state index >= 15 is 0 Å². The van der Waals surface area contributed by atoms with E-state index in [0.29, 0.717) is 12.1 Å². The lowest BCUT2D eigenvalue weighted by Gasteiger charge is -2.25. The molecule has 0 radical (unpaired) electrons. The van der Waals surface area contributed by atoms with E-state index in [1.54, 1.807) is 0 Å². The Hall–Kier alpha value is -1.14. The summed E-state index contributed by atoms with van der Waals surface area (Å²) in [6.45, 7) is 3.59. The van der Waals surface area contributed by atoms with Crippen LogP contribution in [0.4, 0.5) is 4.39 Å². The summed E-state index contributed by atoms with van der Waals surface area (Å²) in [4.78, 5) is 17.5. The summed E-state index contributed by atoms with van der Waals surface area (Å²) in [6.07, 6.45) is 1.30. The second-order valence-corrected chi connectivity index (χ2v) is 5.30. The van der Waals surface area contributed by atoms with Crippen molar-refractivity contribution in [3.8, 4) is 0 Å². The highest BCUT2D eigenvalue weighted by Crippen LogP contribution is 2.08. The zero-order chi connectivity index (χ0) is 12.8. The number of nitrogens with one attached hydrogen (secondary N) is 1. The van der Waals surface area contributed by atoms with Crippen molar-refractivity contribution in [2.24, 2.45) is 0 Å². The highest BCUT2D eigenvalue weighted by molar-refractivity contribution is 7.99. The first-order valence-corrected chi connectivity index (χ1v) is 7.11. The van der Waals surface area contributed by atoms with E-state index in [0.717, 1.165) is 37.2 Å². The summed E-state index contributed by atoms with van der Waals surface area (Å²) in [5.74, 6) is 1.44. The van der Waals surface area contributed by atoms with Gasteiger partial charge >= 0.3 is 0 Å². The summed E-state index contributed by atoms with van der Waals surface area (Å²) >= 11 is 1.96. The molecule has 2 heterocycles. The molecule has 1 amide bonds. The second kappa shape index (κ2) is 6.70. The summed E-state index contributed by atoms with van der Waals surface area (Å²) < 4.78 is 12.8. The third kappa shape index (κ3) is 3.96. The first-order chi connectivity index (χ1) is 8.75. The van der Waals surface area contributed by atoms with E-state index in [2.05, 4.69) is 15.2 Å². The fraction of sp³-hybridized carbons (Fsp3) is 0.500. The maximum atomic E-state index is 12.8. The molecule has 2 rings (SSSR count). The summed E-state index contributed by atoms with van der Waals surface area (Å²) in [6, 6.07) is 2.66. The molecule has 0 saturated carbocycles. The fourth-order valence-electron chi connectivity index (χ4n) is 1.80. The third-order valence-electron chi connectivity index (χ3n) is 2.81. The molecule has 1 aliphatic heterocycles. The Balaban J connectivity index is 1.74. The van der Waals surface area contributed by atoms with Crippen LogP contribution >= 0.6 is 11.8 Å². The molecule has 6 heteroatoms. The van der Waals surface area contributed by atoms with Gasteiger partial charge in [0.15, 0.2) is 0 Å². The standard InChI is InChI=1S/C12H16FN3OS/c13-11-9-10(1-2-14-11)12(17)15-3-4-16-5-7-18-8-6-16/h1-2,9H,3-8H2,(H,15,17). The van der Waals surface area contributed by atoms with E-state index in [-0.39, 0.29) is 5.91 Å². The van der Waals surface area contributed by atoms with Crippen LogP contribution in [-0.4, -0.2) is 53.5 Å². The van der Waals surface area contributed by atoms with Crippen molar-refractivity contribution in [2.75, 3.05) is 37.7 Å². The molecular weight excluding hydrogens is 253 g/mol. The lowest BCUT2D eigenvalue weighted by atomic mass is 10.2. The van der Waals surface area contributed by atoms with Crippen molar-refractivity contribution in [2.45, 2.75) is 0 Å². The van der Waals surface area contributed by atoms with Crippen molar-refractivity contribution in [3.05, 3.63) is 29.8 Å². The Morgan fingerprint density at radius 1 is 1.50 bits per heavy atom. The van der Waals surface area contributed by atoms with Crippen LogP contribution in [0.25, 0.3) is 0 Å². The number of carbonyl (C=O) groups is 1. The number of thioether (sulfide) groups is 1. The van der Waals surface area contributed by atoms with Crippen molar-refractivity contribution < 1.29 is 9.18 Å². The maximum absolute atomic E-state index is 12.8. The zero-order valence-corrected chi connectivity index (χ0v) is 10.9. The number of nitrogens with zero attached hydrogens (tertiary/aromatic N) is 2. The fourth-order valence-corrected chi connectivity index (χ4v) is 2.78. The van der Waals surface area contributed by atoms with Crippen LogP contribution in [0.5, 0.6) is 0 Å². The van der Waals surface area contributed by atoms with E-state index in [1.165, 1.54) is 12.3 Å². The van der Waals surface area contributed by atoms with Crippen molar-refractivity contribution in [1.29, 1.82) is 0 Å². The molecule has 1 saturated heterocycles. The molecule has 1 aliphatic rings. The van der Waals surface area contributed by atoms with Crippen molar-refractivity contribution in [3.63, 3.8) is 0 Å². The average molecular weight is 269 g/mol. The minimum atomic E-state index is -0.629. The number of rotatable bonds is 4. The van der Waals surface area contributed by atoms with Gasteiger partial charge < -0.3 is 5.32 Å². The van der Waals surface area contributed by atoms with Crippen LogP contribution < -0.4 is 5.32 Å². The Morgan fingerprint density at radius 2 is 2.28 bits per heavy atom. The lowest BCUT2D eigenvalue weighted by Crippen LogP contribution is -2.39. The summed E-state index contributed by atoms with van der Waals surface area (Å²) in [7, 11) is 0. The molecule has 0 spiro atoms. The molecule has 0 atom stereocenters. The van der Waals surface area contributed by atoms with Gasteiger partial charge in [0, 0.05) is 55.5 Å². The van der Waals surface area contributed by atoms with Gasteiger partial charge in [0.2, 0.25) is 5.95 Å². The number of hydrogen-bond donors (Lipinski definition) is 1. The molecule has 1 fully saturated rings. The first kappa shape index (κ1) is 13.3. The highest BCUT2D eigenvalue weighted by atomic mass is 32.2. The quantitative estimate of drug-likeness (QED) is 0.828. The maximum Gasteiger partial charge on any atom is 0.251 e. The van der Waals surface area contributed by atoms with Crippen LogP contribution in [0.15, 0.2) is 18.3 Å². The molecule has 1 aromatic rings. The van der Waals surface area contributed by atoms with Crippen LogP contribution in [0.1, 0.15) is 10.4 Å². The van der Waals surface area contributed by atoms with Gasteiger partial charge in [-0.15, -0.1) is 0 Å². The van der Waals surface area contributed by atoms with Gasteiger partial charge in [-0.05, 0) is 6.07 Å². The Morgan fingerprint density at radius 3 is 3.00 bits per heavy atom. The van der Waals surface area contributed by atoms with Gasteiger partial charge in [0.1, 0.15) is 0 Å². The number of amides is 1. The average Bonchev–Trinajstić information content (AvgIpc) is 2.40. The lowest BCUT2D eigenvalue weighted by molar-refractivity contribution is 0.0948.